The maximum absolute atomic E-state index is 5.75. The highest BCUT2D eigenvalue weighted by Gasteiger charge is 2.69. The topological polar surface area (TPSA) is 55.4 Å². The van der Waals surface area contributed by atoms with Crippen LogP contribution < -0.4 is 0 Å². The van der Waals surface area contributed by atoms with Crippen LogP contribution in [0.4, 0.5) is 0 Å². The first-order valence-corrected chi connectivity index (χ1v) is 10.7. The molecule has 122 valence electrons. The number of hydrogen-bond acceptors (Lipinski definition) is 6. The van der Waals surface area contributed by atoms with E-state index >= 15 is 0 Å². The molecule has 4 unspecified atom stereocenters. The van der Waals surface area contributed by atoms with Crippen molar-refractivity contribution in [1.29, 1.82) is 0 Å². The first-order valence-electron chi connectivity index (χ1n) is 7.07. The summed E-state index contributed by atoms with van der Waals surface area (Å²) in [7, 11) is 4.29. The van der Waals surface area contributed by atoms with Gasteiger partial charge in [0.15, 0.2) is 0 Å². The zero-order chi connectivity index (χ0) is 15.7. The van der Waals surface area contributed by atoms with Crippen molar-refractivity contribution in [3.8, 4) is 0 Å². The Hall–Kier alpha value is -0.0662. The number of allylic oxidation sites excluding steroid dienone is 2. The highest BCUT2D eigenvalue weighted by molar-refractivity contribution is 6.69. The van der Waals surface area contributed by atoms with Crippen LogP contribution in [0.25, 0.3) is 0 Å². The summed E-state index contributed by atoms with van der Waals surface area (Å²) in [6, 6.07) is 0. The summed E-state index contributed by atoms with van der Waals surface area (Å²) in [6.07, 6.45) is 5.53. The predicted octanol–water partition coefficient (Wildman–Crippen LogP) is 1.69. The van der Waals surface area contributed by atoms with E-state index < -0.39 is 17.6 Å². The zero-order valence-corrected chi connectivity index (χ0v) is 15.6. The van der Waals surface area contributed by atoms with Crippen LogP contribution in [-0.2, 0) is 26.6 Å². The lowest BCUT2D eigenvalue weighted by Crippen LogP contribution is -2.58. The largest absolute Gasteiger partial charge is 0.504 e. The Labute approximate surface area is 129 Å². The van der Waals surface area contributed by atoms with E-state index in [4.69, 9.17) is 26.6 Å². The van der Waals surface area contributed by atoms with E-state index in [1.807, 2.05) is 0 Å². The normalized spacial score (nSPS) is 32.1. The fraction of sp³-hybridized carbons (Fsp3) is 0.846. The van der Waals surface area contributed by atoms with Gasteiger partial charge in [0, 0.05) is 53.7 Å². The van der Waals surface area contributed by atoms with Crippen LogP contribution in [0, 0.1) is 11.8 Å². The van der Waals surface area contributed by atoms with Gasteiger partial charge < -0.3 is 26.6 Å². The minimum atomic E-state index is -2.82. The quantitative estimate of drug-likeness (QED) is 0.497. The van der Waals surface area contributed by atoms with Crippen LogP contribution in [0.2, 0.25) is 11.1 Å². The molecule has 2 aliphatic rings. The van der Waals surface area contributed by atoms with Crippen LogP contribution >= 0.6 is 0 Å². The van der Waals surface area contributed by atoms with Crippen molar-refractivity contribution in [3.63, 3.8) is 0 Å². The van der Waals surface area contributed by atoms with Crippen molar-refractivity contribution in [3.05, 3.63) is 12.2 Å². The molecular formula is C13H26O6Si2. The Morgan fingerprint density at radius 1 is 0.619 bits per heavy atom. The molecule has 21 heavy (non-hydrogen) atoms. The molecule has 1 fully saturated rings. The van der Waals surface area contributed by atoms with Crippen LogP contribution in [0.1, 0.15) is 6.42 Å². The first-order chi connectivity index (χ1) is 10.1. The summed E-state index contributed by atoms with van der Waals surface area (Å²) < 4.78 is 34.5. The Morgan fingerprint density at radius 2 is 0.905 bits per heavy atom. The van der Waals surface area contributed by atoms with Gasteiger partial charge in [-0.2, -0.15) is 0 Å². The van der Waals surface area contributed by atoms with Crippen LogP contribution in [-0.4, -0.2) is 60.3 Å². The van der Waals surface area contributed by atoms with E-state index in [9.17, 15) is 0 Å². The fourth-order valence-corrected chi connectivity index (χ4v) is 10.9. The summed E-state index contributed by atoms with van der Waals surface area (Å²) in [6.45, 7) is 0. The lowest BCUT2D eigenvalue weighted by molar-refractivity contribution is 0.0824. The minimum absolute atomic E-state index is 0.0963. The third-order valence-corrected chi connectivity index (χ3v) is 11.9. The smallest absolute Gasteiger partial charge is 0.377 e. The molecular weight excluding hydrogens is 308 g/mol. The van der Waals surface area contributed by atoms with Gasteiger partial charge in [0.2, 0.25) is 0 Å². The standard InChI is InChI=1S/C13H26O6Si2/c1-14-20(15-2,16-3)12-10-7-8-11(9-10)13(12)21(17-4,18-5)19-6/h7-8,10-13H,9H2,1-6H3. The SMILES string of the molecule is CO[Si](OC)(OC)C1C2C=CC(C2)C1[Si](OC)(OC)OC. The van der Waals surface area contributed by atoms with Crippen molar-refractivity contribution < 1.29 is 26.6 Å². The minimum Gasteiger partial charge on any atom is -0.377 e. The summed E-state index contributed by atoms with van der Waals surface area (Å²) in [5.74, 6) is 0.720. The molecule has 0 aromatic heterocycles. The molecule has 1 saturated carbocycles. The third kappa shape index (κ3) is 2.47. The summed E-state index contributed by atoms with van der Waals surface area (Å²) in [4.78, 5) is 0. The van der Waals surface area contributed by atoms with Gasteiger partial charge in [0.1, 0.15) is 0 Å². The van der Waals surface area contributed by atoms with E-state index in [0.29, 0.717) is 11.8 Å². The van der Waals surface area contributed by atoms with E-state index in [-0.39, 0.29) is 11.1 Å². The molecule has 0 aromatic rings. The Balaban J connectivity index is 2.45. The van der Waals surface area contributed by atoms with Crippen molar-refractivity contribution in [1.82, 2.24) is 0 Å². The molecule has 2 aliphatic carbocycles. The van der Waals surface area contributed by atoms with Gasteiger partial charge in [-0.05, 0) is 18.3 Å². The number of hydrogen-bond donors (Lipinski definition) is 0. The van der Waals surface area contributed by atoms with Gasteiger partial charge in [0.05, 0.1) is 0 Å². The fourth-order valence-electron chi connectivity index (χ4n) is 4.10. The van der Waals surface area contributed by atoms with E-state index in [0.717, 1.165) is 6.42 Å². The highest BCUT2D eigenvalue weighted by atomic mass is 28.4. The number of rotatable bonds is 8. The maximum atomic E-state index is 5.75. The molecule has 0 aromatic carbocycles. The molecule has 2 bridgehead atoms. The maximum Gasteiger partial charge on any atom is 0.504 e. The molecule has 0 heterocycles. The average Bonchev–Trinajstić information content (AvgIpc) is 3.15. The Kier molecular flexibility index (Phi) is 5.42. The first kappa shape index (κ1) is 17.3. The molecule has 8 heteroatoms. The second-order valence-corrected chi connectivity index (χ2v) is 11.6. The molecule has 0 spiro atoms. The van der Waals surface area contributed by atoms with E-state index in [1.165, 1.54) is 0 Å². The van der Waals surface area contributed by atoms with Crippen molar-refractivity contribution in [2.75, 3.05) is 42.7 Å². The van der Waals surface area contributed by atoms with Crippen molar-refractivity contribution in [2.45, 2.75) is 17.5 Å². The molecule has 2 rings (SSSR count). The molecule has 0 N–H and O–H groups in total. The van der Waals surface area contributed by atoms with Gasteiger partial charge in [-0.1, -0.05) is 12.2 Å². The number of fused-ring (bicyclic) bond motifs is 2. The van der Waals surface area contributed by atoms with Crippen LogP contribution in [0.15, 0.2) is 12.2 Å². The highest BCUT2D eigenvalue weighted by Crippen LogP contribution is 2.62. The molecule has 4 atom stereocenters. The van der Waals surface area contributed by atoms with Gasteiger partial charge in [-0.25, -0.2) is 0 Å². The third-order valence-electron chi connectivity index (χ3n) is 4.98. The monoisotopic (exact) mass is 334 g/mol. The van der Waals surface area contributed by atoms with Crippen LogP contribution in [0.5, 0.6) is 0 Å². The van der Waals surface area contributed by atoms with Gasteiger partial charge in [0.25, 0.3) is 0 Å². The molecule has 0 amide bonds. The molecule has 0 radical (unpaired) electrons. The lowest BCUT2D eigenvalue weighted by atomic mass is 10.1. The summed E-state index contributed by atoms with van der Waals surface area (Å²) >= 11 is 0. The van der Waals surface area contributed by atoms with Crippen LogP contribution in [0.3, 0.4) is 0 Å². The summed E-state index contributed by atoms with van der Waals surface area (Å²) in [5.41, 5.74) is 0.193. The van der Waals surface area contributed by atoms with Gasteiger partial charge >= 0.3 is 17.6 Å². The molecule has 6 nitrogen and oxygen atoms in total. The zero-order valence-electron chi connectivity index (χ0n) is 13.6. The van der Waals surface area contributed by atoms with Crippen molar-refractivity contribution in [2.24, 2.45) is 11.8 Å². The molecule has 0 saturated heterocycles. The average molecular weight is 335 g/mol. The Bertz CT molecular complexity index is 332. The Morgan fingerprint density at radius 3 is 1.14 bits per heavy atom. The lowest BCUT2D eigenvalue weighted by Gasteiger charge is -2.42. The van der Waals surface area contributed by atoms with Gasteiger partial charge in [-0.3, -0.25) is 0 Å². The predicted molar refractivity (Wildman–Crippen MR) is 81.8 cm³/mol. The van der Waals surface area contributed by atoms with E-state index in [1.54, 1.807) is 42.7 Å². The second-order valence-electron chi connectivity index (χ2n) is 5.43. The van der Waals surface area contributed by atoms with Gasteiger partial charge in [-0.15, -0.1) is 0 Å². The summed E-state index contributed by atoms with van der Waals surface area (Å²) in [5, 5.41) is 0. The second kappa shape index (κ2) is 6.59. The molecule has 0 aliphatic heterocycles. The van der Waals surface area contributed by atoms with E-state index in [2.05, 4.69) is 12.2 Å². The van der Waals surface area contributed by atoms with Crippen molar-refractivity contribution >= 4 is 17.6 Å².